The van der Waals surface area contributed by atoms with Crippen molar-refractivity contribution in [3.63, 3.8) is 0 Å². The summed E-state index contributed by atoms with van der Waals surface area (Å²) in [5.41, 5.74) is 8.77. The first-order valence-corrected chi connectivity index (χ1v) is 10.3. The molecule has 0 N–H and O–H groups in total. The quantitative estimate of drug-likeness (QED) is 0.265. The van der Waals surface area contributed by atoms with Gasteiger partial charge in [0.2, 0.25) is 0 Å². The van der Waals surface area contributed by atoms with E-state index >= 15 is 0 Å². The number of nitrogens with zero attached hydrogens (tertiary/aromatic N) is 1. The third-order valence-corrected chi connectivity index (χ3v) is 5.85. The molecule has 142 valence electrons. The van der Waals surface area contributed by atoms with Crippen LogP contribution in [0.3, 0.4) is 0 Å². The Bertz CT molecular complexity index is 1040. The average molecular weight is 432 g/mol. The molecule has 3 rings (SSSR count). The minimum atomic E-state index is 0.957. The monoisotopic (exact) mass is 431 g/mol. The highest BCUT2D eigenvalue weighted by Gasteiger charge is 2.17. The summed E-state index contributed by atoms with van der Waals surface area (Å²) in [4.78, 5) is 0. The predicted molar refractivity (Wildman–Crippen MR) is 126 cm³/mol. The summed E-state index contributed by atoms with van der Waals surface area (Å²) >= 11 is 3.69. The lowest BCUT2D eigenvalue weighted by atomic mass is 10.0. The van der Waals surface area contributed by atoms with Crippen molar-refractivity contribution in [2.45, 2.75) is 26.7 Å². The Hall–Kier alpha value is -2.58. The van der Waals surface area contributed by atoms with E-state index in [9.17, 15) is 0 Å². The molecule has 0 fully saturated rings. The van der Waals surface area contributed by atoms with Crippen LogP contribution in [-0.4, -0.2) is 4.57 Å². The zero-order chi connectivity index (χ0) is 20.1. The van der Waals surface area contributed by atoms with Crippen LogP contribution in [-0.2, 0) is 6.42 Å². The maximum Gasteiger partial charge on any atom is 0.0490 e. The first-order chi connectivity index (χ1) is 13.6. The highest BCUT2D eigenvalue weighted by atomic mass is 79.9. The number of hydrogen-bond acceptors (Lipinski definition) is 0. The summed E-state index contributed by atoms with van der Waals surface area (Å²) in [5.74, 6) is 0. The normalized spacial score (nSPS) is 11.1. The summed E-state index contributed by atoms with van der Waals surface area (Å²) in [5, 5.41) is 0. The third-order valence-electron chi connectivity index (χ3n) is 5.16. The van der Waals surface area contributed by atoms with Crippen LogP contribution in [0.4, 0.5) is 0 Å². The molecule has 1 heterocycles. The summed E-state index contributed by atoms with van der Waals surface area (Å²) in [6, 6.07) is 17.1. The molecular formula is C26H26BrN. The molecule has 0 aliphatic rings. The van der Waals surface area contributed by atoms with Crippen molar-refractivity contribution in [2.75, 3.05) is 0 Å². The molecule has 0 saturated heterocycles. The number of aromatic nitrogens is 1. The second-order valence-corrected chi connectivity index (χ2v) is 7.72. The molecule has 0 spiro atoms. The number of halogens is 1. The maximum atomic E-state index is 3.91. The first kappa shape index (κ1) is 20.2. The fourth-order valence-corrected chi connectivity index (χ4v) is 4.10. The fraction of sp³-hybridized carbons (Fsp3) is 0.154. The standard InChI is InChI=1S/C26H26BrN/c1-5-7-16-25-19(3)20(4)26(17-8-6-2)28(25)22-13-11-12-21(18-22)23-14-9-10-15-24(23)27/h5-7,9-16,18H,1-2,8,17H2,3-4H3/b16-7-. The van der Waals surface area contributed by atoms with E-state index in [-0.39, 0.29) is 0 Å². The highest BCUT2D eigenvalue weighted by Crippen LogP contribution is 2.32. The summed E-state index contributed by atoms with van der Waals surface area (Å²) in [6.07, 6.45) is 9.90. The van der Waals surface area contributed by atoms with Gasteiger partial charge in [0.15, 0.2) is 0 Å². The predicted octanol–water partition coefficient (Wildman–Crippen LogP) is 7.84. The first-order valence-electron chi connectivity index (χ1n) is 9.54. The zero-order valence-electron chi connectivity index (χ0n) is 16.6. The van der Waals surface area contributed by atoms with Crippen molar-refractivity contribution in [3.8, 4) is 16.8 Å². The van der Waals surface area contributed by atoms with Gasteiger partial charge in [0, 0.05) is 21.5 Å². The summed E-state index contributed by atoms with van der Waals surface area (Å²) in [6.45, 7) is 12.2. The summed E-state index contributed by atoms with van der Waals surface area (Å²) in [7, 11) is 0. The molecule has 0 unspecified atom stereocenters. The van der Waals surface area contributed by atoms with Crippen LogP contribution in [0.1, 0.15) is 28.9 Å². The van der Waals surface area contributed by atoms with Crippen LogP contribution in [0.2, 0.25) is 0 Å². The Morgan fingerprint density at radius 1 is 1.00 bits per heavy atom. The van der Waals surface area contributed by atoms with E-state index in [4.69, 9.17) is 0 Å². The smallest absolute Gasteiger partial charge is 0.0490 e. The van der Waals surface area contributed by atoms with Gasteiger partial charge in [-0.1, -0.05) is 71.1 Å². The van der Waals surface area contributed by atoms with Crippen LogP contribution in [0.5, 0.6) is 0 Å². The SMILES string of the molecule is C=C/C=C\c1c(C)c(C)c(CCC=C)n1-c1cccc(-c2ccccc2Br)c1. The summed E-state index contributed by atoms with van der Waals surface area (Å²) < 4.78 is 3.49. The Morgan fingerprint density at radius 3 is 2.50 bits per heavy atom. The molecule has 0 saturated carbocycles. The molecule has 2 heteroatoms. The molecule has 0 atom stereocenters. The number of hydrogen-bond donors (Lipinski definition) is 0. The minimum Gasteiger partial charge on any atom is -0.314 e. The number of rotatable bonds is 7. The van der Waals surface area contributed by atoms with Gasteiger partial charge in [0.05, 0.1) is 0 Å². The van der Waals surface area contributed by atoms with Crippen molar-refractivity contribution in [1.29, 1.82) is 0 Å². The van der Waals surface area contributed by atoms with E-state index in [1.54, 1.807) is 0 Å². The van der Waals surface area contributed by atoms with Gasteiger partial charge in [0.25, 0.3) is 0 Å². The fourth-order valence-electron chi connectivity index (χ4n) is 3.59. The van der Waals surface area contributed by atoms with E-state index in [1.165, 1.54) is 39.3 Å². The number of allylic oxidation sites excluding steroid dienone is 3. The van der Waals surface area contributed by atoms with Gasteiger partial charge in [-0.15, -0.1) is 6.58 Å². The van der Waals surface area contributed by atoms with Gasteiger partial charge in [-0.3, -0.25) is 0 Å². The molecule has 1 nitrogen and oxygen atoms in total. The van der Waals surface area contributed by atoms with Gasteiger partial charge in [-0.05, 0) is 73.2 Å². The van der Waals surface area contributed by atoms with Crippen LogP contribution < -0.4 is 0 Å². The third kappa shape index (κ3) is 3.98. The molecule has 0 aliphatic heterocycles. The lowest BCUT2D eigenvalue weighted by Crippen LogP contribution is -2.03. The molecule has 2 aromatic carbocycles. The van der Waals surface area contributed by atoms with Crippen LogP contribution in [0.15, 0.2) is 84.4 Å². The van der Waals surface area contributed by atoms with Crippen molar-refractivity contribution in [1.82, 2.24) is 4.57 Å². The van der Waals surface area contributed by atoms with Gasteiger partial charge in [-0.25, -0.2) is 0 Å². The lowest BCUT2D eigenvalue weighted by molar-refractivity contribution is 0.872. The number of benzene rings is 2. The second-order valence-electron chi connectivity index (χ2n) is 6.87. The highest BCUT2D eigenvalue weighted by molar-refractivity contribution is 9.10. The van der Waals surface area contributed by atoms with E-state index in [1.807, 2.05) is 24.3 Å². The van der Waals surface area contributed by atoms with Crippen LogP contribution in [0, 0.1) is 13.8 Å². The minimum absolute atomic E-state index is 0.957. The van der Waals surface area contributed by atoms with Gasteiger partial charge in [0.1, 0.15) is 0 Å². The van der Waals surface area contributed by atoms with Crippen molar-refractivity contribution >= 4 is 22.0 Å². The molecule has 28 heavy (non-hydrogen) atoms. The van der Waals surface area contributed by atoms with E-state index in [2.05, 4.69) is 96.0 Å². The second kappa shape index (κ2) is 9.07. The van der Waals surface area contributed by atoms with E-state index < -0.39 is 0 Å². The van der Waals surface area contributed by atoms with E-state index in [0.29, 0.717) is 0 Å². The molecule has 0 bridgehead atoms. The average Bonchev–Trinajstić information content (AvgIpc) is 2.95. The molecule has 0 amide bonds. The topological polar surface area (TPSA) is 4.93 Å². The van der Waals surface area contributed by atoms with Gasteiger partial charge >= 0.3 is 0 Å². The van der Waals surface area contributed by atoms with Crippen molar-refractivity contribution in [2.24, 2.45) is 0 Å². The largest absolute Gasteiger partial charge is 0.314 e. The Balaban J connectivity index is 2.22. The van der Waals surface area contributed by atoms with Gasteiger partial charge < -0.3 is 4.57 Å². The lowest BCUT2D eigenvalue weighted by Gasteiger charge is -2.15. The van der Waals surface area contributed by atoms with Gasteiger partial charge in [-0.2, -0.15) is 0 Å². The van der Waals surface area contributed by atoms with Crippen molar-refractivity contribution in [3.05, 3.63) is 107 Å². The van der Waals surface area contributed by atoms with Crippen molar-refractivity contribution < 1.29 is 0 Å². The Labute approximate surface area is 176 Å². The molecule has 0 radical (unpaired) electrons. The molecule has 0 aliphatic carbocycles. The molecule has 3 aromatic rings. The Kier molecular flexibility index (Phi) is 6.53. The zero-order valence-corrected chi connectivity index (χ0v) is 18.2. The Morgan fingerprint density at radius 2 is 1.79 bits per heavy atom. The van der Waals surface area contributed by atoms with E-state index in [0.717, 1.165) is 17.3 Å². The molecular weight excluding hydrogens is 406 g/mol. The molecule has 1 aromatic heterocycles. The maximum absolute atomic E-state index is 3.91. The van der Waals surface area contributed by atoms with Crippen LogP contribution in [0.25, 0.3) is 22.9 Å². The van der Waals surface area contributed by atoms with Crippen LogP contribution >= 0.6 is 15.9 Å².